The molecule has 1 aromatic rings. The highest BCUT2D eigenvalue weighted by molar-refractivity contribution is 5.39. The molecule has 1 atom stereocenters. The number of piperidine rings is 1. The lowest BCUT2D eigenvalue weighted by molar-refractivity contribution is -0.141. The highest BCUT2D eigenvalue weighted by Crippen LogP contribution is 2.30. The molecule has 4 nitrogen and oxygen atoms in total. The lowest BCUT2D eigenvalue weighted by Crippen LogP contribution is -2.38. The number of hydrogen-bond donors (Lipinski definition) is 1. The topological polar surface area (TPSA) is 57.9 Å². The molecule has 0 aliphatic carbocycles. The summed E-state index contributed by atoms with van der Waals surface area (Å²) in [5, 5.41) is 12.1. The quantitative estimate of drug-likeness (QED) is 0.927. The van der Waals surface area contributed by atoms with Gasteiger partial charge >= 0.3 is 6.18 Å². The summed E-state index contributed by atoms with van der Waals surface area (Å²) in [6.07, 6.45) is -1.50. The van der Waals surface area contributed by atoms with Crippen LogP contribution in [0.15, 0.2) is 12.1 Å². The van der Waals surface area contributed by atoms with Gasteiger partial charge < -0.3 is 10.1 Å². The molecule has 0 aromatic carbocycles. The minimum Gasteiger partial charge on any atom is -0.475 e. The van der Waals surface area contributed by atoms with E-state index in [9.17, 15) is 13.2 Å². The van der Waals surface area contributed by atoms with Crippen LogP contribution in [0.3, 0.4) is 0 Å². The van der Waals surface area contributed by atoms with Crippen molar-refractivity contribution in [2.75, 3.05) is 13.2 Å². The molecule has 0 bridgehead atoms. The van der Waals surface area contributed by atoms with Gasteiger partial charge in [0.2, 0.25) is 5.88 Å². The van der Waals surface area contributed by atoms with Crippen molar-refractivity contribution in [2.45, 2.75) is 31.5 Å². The average Bonchev–Trinajstić information content (AvgIpc) is 2.45. The number of nitrogens with one attached hydrogen (secondary N) is 1. The third kappa shape index (κ3) is 3.61. The Morgan fingerprint density at radius 2 is 2.20 bits per heavy atom. The van der Waals surface area contributed by atoms with Gasteiger partial charge in [-0.1, -0.05) is 6.42 Å². The second-order valence-corrected chi connectivity index (χ2v) is 4.62. The van der Waals surface area contributed by atoms with E-state index in [1.165, 1.54) is 0 Å². The Kier molecular flexibility index (Phi) is 4.45. The van der Waals surface area contributed by atoms with Crippen molar-refractivity contribution >= 4 is 0 Å². The van der Waals surface area contributed by atoms with Gasteiger partial charge in [0.05, 0.1) is 0 Å². The maximum atomic E-state index is 12.6. The first-order chi connectivity index (χ1) is 9.50. The van der Waals surface area contributed by atoms with E-state index >= 15 is 0 Å². The van der Waals surface area contributed by atoms with E-state index in [2.05, 4.69) is 10.3 Å². The van der Waals surface area contributed by atoms with Gasteiger partial charge in [-0.25, -0.2) is 4.98 Å². The monoisotopic (exact) mass is 285 g/mol. The summed E-state index contributed by atoms with van der Waals surface area (Å²) in [4.78, 5) is 3.40. The van der Waals surface area contributed by atoms with Crippen LogP contribution in [-0.4, -0.2) is 24.2 Å². The summed E-state index contributed by atoms with van der Waals surface area (Å²) >= 11 is 0. The molecule has 0 radical (unpaired) electrons. The molecule has 1 fully saturated rings. The molecule has 1 saturated heterocycles. The van der Waals surface area contributed by atoms with Crippen molar-refractivity contribution < 1.29 is 17.9 Å². The highest BCUT2D eigenvalue weighted by atomic mass is 19.4. The van der Waals surface area contributed by atoms with Crippen LogP contribution in [0.5, 0.6) is 5.88 Å². The van der Waals surface area contributed by atoms with Gasteiger partial charge in [0.1, 0.15) is 23.9 Å². The molecule has 1 N–H and O–H groups in total. The van der Waals surface area contributed by atoms with Gasteiger partial charge in [0.25, 0.3) is 0 Å². The number of halogens is 3. The van der Waals surface area contributed by atoms with Crippen molar-refractivity contribution in [1.82, 2.24) is 10.3 Å². The smallest absolute Gasteiger partial charge is 0.433 e. The predicted molar refractivity (Wildman–Crippen MR) is 65.1 cm³/mol. The van der Waals surface area contributed by atoms with Gasteiger partial charge in [0, 0.05) is 6.04 Å². The predicted octanol–water partition coefficient (Wildman–Crippen LogP) is 2.49. The van der Waals surface area contributed by atoms with Crippen molar-refractivity contribution in [3.05, 3.63) is 23.4 Å². The Hall–Kier alpha value is -1.81. The summed E-state index contributed by atoms with van der Waals surface area (Å²) in [6, 6.07) is 3.74. The normalized spacial score (nSPS) is 19.4. The van der Waals surface area contributed by atoms with Gasteiger partial charge in [-0.15, -0.1) is 0 Å². The Labute approximate surface area is 114 Å². The summed E-state index contributed by atoms with van der Waals surface area (Å²) in [5.41, 5.74) is -1.04. The SMILES string of the molecule is N#Cc1ccc(C(F)(F)F)nc1OCC1CCCCN1. The van der Waals surface area contributed by atoms with Crippen molar-refractivity contribution in [2.24, 2.45) is 0 Å². The summed E-state index contributed by atoms with van der Waals surface area (Å²) in [6.45, 7) is 1.08. The molecular weight excluding hydrogens is 271 g/mol. The molecule has 0 spiro atoms. The van der Waals surface area contributed by atoms with E-state index in [1.54, 1.807) is 6.07 Å². The minimum absolute atomic E-state index is 0.00816. The van der Waals surface area contributed by atoms with Crippen molar-refractivity contribution in [1.29, 1.82) is 5.26 Å². The molecule has 1 aliphatic heterocycles. The molecule has 2 rings (SSSR count). The van der Waals surface area contributed by atoms with Crippen LogP contribution in [0, 0.1) is 11.3 Å². The number of nitrogens with zero attached hydrogens (tertiary/aromatic N) is 2. The lowest BCUT2D eigenvalue weighted by atomic mass is 10.1. The van der Waals surface area contributed by atoms with E-state index in [0.717, 1.165) is 37.9 Å². The number of alkyl halides is 3. The number of aromatic nitrogens is 1. The summed E-state index contributed by atoms with van der Waals surface area (Å²) in [5.74, 6) is -0.255. The van der Waals surface area contributed by atoms with Crippen LogP contribution < -0.4 is 10.1 Å². The van der Waals surface area contributed by atoms with E-state index in [4.69, 9.17) is 10.00 Å². The first-order valence-electron chi connectivity index (χ1n) is 6.35. The molecule has 20 heavy (non-hydrogen) atoms. The zero-order valence-corrected chi connectivity index (χ0v) is 10.7. The number of nitriles is 1. The molecule has 0 amide bonds. The van der Waals surface area contributed by atoms with Crippen LogP contribution in [-0.2, 0) is 6.18 Å². The fourth-order valence-corrected chi connectivity index (χ4v) is 2.04. The first-order valence-corrected chi connectivity index (χ1v) is 6.35. The Balaban J connectivity index is 2.10. The second kappa shape index (κ2) is 6.09. The van der Waals surface area contributed by atoms with E-state index in [-0.39, 0.29) is 24.1 Å². The van der Waals surface area contributed by atoms with Crippen LogP contribution in [0.4, 0.5) is 13.2 Å². The van der Waals surface area contributed by atoms with E-state index in [0.29, 0.717) is 0 Å². The van der Waals surface area contributed by atoms with E-state index < -0.39 is 11.9 Å². The van der Waals surface area contributed by atoms with Crippen molar-refractivity contribution in [3.8, 4) is 11.9 Å². The lowest BCUT2D eigenvalue weighted by Gasteiger charge is -2.23. The summed E-state index contributed by atoms with van der Waals surface area (Å²) < 4.78 is 43.1. The maximum Gasteiger partial charge on any atom is 0.433 e. The fourth-order valence-electron chi connectivity index (χ4n) is 2.04. The maximum absolute atomic E-state index is 12.6. The van der Waals surface area contributed by atoms with E-state index in [1.807, 2.05) is 0 Å². The molecule has 1 aliphatic rings. The Morgan fingerprint density at radius 1 is 1.40 bits per heavy atom. The third-order valence-electron chi connectivity index (χ3n) is 3.10. The van der Waals surface area contributed by atoms with Gasteiger partial charge in [-0.2, -0.15) is 18.4 Å². The van der Waals surface area contributed by atoms with Crippen LogP contribution in [0.1, 0.15) is 30.5 Å². The Morgan fingerprint density at radius 3 is 2.80 bits per heavy atom. The largest absolute Gasteiger partial charge is 0.475 e. The summed E-state index contributed by atoms with van der Waals surface area (Å²) in [7, 11) is 0. The number of ether oxygens (including phenoxy) is 1. The zero-order valence-electron chi connectivity index (χ0n) is 10.7. The van der Waals surface area contributed by atoms with Crippen LogP contribution >= 0.6 is 0 Å². The standard InChI is InChI=1S/C13H14F3N3O/c14-13(15,16)11-5-4-9(7-17)12(19-11)20-8-10-3-1-2-6-18-10/h4-5,10,18H,1-3,6,8H2. The molecule has 2 heterocycles. The highest BCUT2D eigenvalue weighted by Gasteiger charge is 2.33. The number of hydrogen-bond acceptors (Lipinski definition) is 4. The average molecular weight is 285 g/mol. The molecule has 108 valence electrons. The second-order valence-electron chi connectivity index (χ2n) is 4.62. The first kappa shape index (κ1) is 14.6. The van der Waals surface area contributed by atoms with Crippen LogP contribution in [0.2, 0.25) is 0 Å². The van der Waals surface area contributed by atoms with Gasteiger partial charge in [0.15, 0.2) is 0 Å². The zero-order chi connectivity index (χ0) is 14.6. The van der Waals surface area contributed by atoms with Gasteiger partial charge in [-0.05, 0) is 31.5 Å². The molecule has 1 aromatic heterocycles. The molecule has 7 heteroatoms. The fraction of sp³-hybridized carbons (Fsp3) is 0.538. The van der Waals surface area contributed by atoms with Crippen LogP contribution in [0.25, 0.3) is 0 Å². The number of pyridine rings is 1. The molecule has 1 unspecified atom stereocenters. The minimum atomic E-state index is -4.55. The third-order valence-corrected chi connectivity index (χ3v) is 3.10. The number of rotatable bonds is 3. The molecular formula is C13H14F3N3O. The van der Waals surface area contributed by atoms with Crippen molar-refractivity contribution in [3.63, 3.8) is 0 Å². The molecule has 0 saturated carbocycles. The van der Waals surface area contributed by atoms with Gasteiger partial charge in [-0.3, -0.25) is 0 Å². The Bertz CT molecular complexity index is 505.